The van der Waals surface area contributed by atoms with Gasteiger partial charge in [0.15, 0.2) is 0 Å². The van der Waals surface area contributed by atoms with Crippen molar-refractivity contribution < 1.29 is 9.53 Å². The summed E-state index contributed by atoms with van der Waals surface area (Å²) in [5, 5.41) is 2.81. The molecule has 0 saturated heterocycles. The average Bonchev–Trinajstić information content (AvgIpc) is 2.59. The number of rotatable bonds is 7. The van der Waals surface area contributed by atoms with E-state index in [4.69, 9.17) is 4.74 Å². The zero-order chi connectivity index (χ0) is 17.4. The van der Waals surface area contributed by atoms with Crippen LogP contribution in [0.25, 0.3) is 6.08 Å². The number of carbonyl (C=O) groups excluding carboxylic acids is 1. The maximum atomic E-state index is 11.8. The second kappa shape index (κ2) is 8.92. The highest BCUT2D eigenvalue weighted by Crippen LogP contribution is 2.15. The second-order valence-corrected chi connectivity index (χ2v) is 6.11. The molecule has 0 aliphatic rings. The van der Waals surface area contributed by atoms with Crippen LogP contribution in [0.15, 0.2) is 54.6 Å². The molecule has 0 saturated carbocycles. The summed E-state index contributed by atoms with van der Waals surface area (Å²) >= 11 is 0. The lowest BCUT2D eigenvalue weighted by molar-refractivity contribution is -0.116. The van der Waals surface area contributed by atoms with Crippen LogP contribution in [0.4, 0.5) is 0 Å². The minimum Gasteiger partial charge on any atom is -0.492 e. The second-order valence-electron chi connectivity index (χ2n) is 6.11. The number of benzene rings is 2. The molecule has 0 fully saturated rings. The Hall–Kier alpha value is -2.55. The van der Waals surface area contributed by atoms with Crippen molar-refractivity contribution in [3.05, 3.63) is 71.3 Å². The van der Waals surface area contributed by atoms with Crippen molar-refractivity contribution in [1.82, 2.24) is 5.32 Å². The first-order chi connectivity index (χ1) is 11.5. The predicted octanol–water partition coefficient (Wildman–Crippen LogP) is 4.33. The molecule has 24 heavy (non-hydrogen) atoms. The van der Waals surface area contributed by atoms with Gasteiger partial charge in [-0.05, 0) is 42.2 Å². The number of hydrogen-bond acceptors (Lipinski definition) is 2. The smallest absolute Gasteiger partial charge is 0.244 e. The van der Waals surface area contributed by atoms with Crippen molar-refractivity contribution in [3.63, 3.8) is 0 Å². The quantitative estimate of drug-likeness (QED) is 0.608. The molecular formula is C21H25NO2. The van der Waals surface area contributed by atoms with Gasteiger partial charge in [0, 0.05) is 6.08 Å². The lowest BCUT2D eigenvalue weighted by Crippen LogP contribution is -2.26. The Morgan fingerprint density at radius 2 is 1.75 bits per heavy atom. The fourth-order valence-electron chi connectivity index (χ4n) is 2.20. The van der Waals surface area contributed by atoms with Crippen LogP contribution in [-0.2, 0) is 4.79 Å². The van der Waals surface area contributed by atoms with Gasteiger partial charge in [-0.3, -0.25) is 4.79 Å². The highest BCUT2D eigenvalue weighted by Gasteiger charge is 1.99. The zero-order valence-electron chi connectivity index (χ0n) is 14.6. The standard InChI is InChI=1S/C21H25NO2/c1-16(2)19-9-6-18(7-10-19)8-13-21(23)22-14-15-24-20-11-4-17(3)5-12-20/h4-13,16H,14-15H2,1-3H3,(H,22,23)/b13-8+. The number of hydrogen-bond donors (Lipinski definition) is 1. The van der Waals surface area contributed by atoms with Crippen molar-refractivity contribution in [2.24, 2.45) is 0 Å². The summed E-state index contributed by atoms with van der Waals surface area (Å²) in [5.41, 5.74) is 3.51. The summed E-state index contributed by atoms with van der Waals surface area (Å²) in [5.74, 6) is 1.21. The maximum Gasteiger partial charge on any atom is 0.244 e. The Balaban J connectivity index is 1.71. The largest absolute Gasteiger partial charge is 0.492 e. The van der Waals surface area contributed by atoms with Gasteiger partial charge in [0.2, 0.25) is 5.91 Å². The number of carbonyl (C=O) groups is 1. The van der Waals surface area contributed by atoms with Crippen LogP contribution in [0, 0.1) is 6.92 Å². The fraction of sp³-hybridized carbons (Fsp3) is 0.286. The van der Waals surface area contributed by atoms with Gasteiger partial charge < -0.3 is 10.1 Å². The van der Waals surface area contributed by atoms with E-state index in [9.17, 15) is 4.79 Å². The molecule has 2 aromatic rings. The molecule has 0 aromatic heterocycles. The minimum atomic E-state index is -0.115. The van der Waals surface area contributed by atoms with Gasteiger partial charge >= 0.3 is 0 Å². The third-order valence-electron chi connectivity index (χ3n) is 3.72. The Bertz CT molecular complexity index is 670. The molecule has 0 aliphatic heterocycles. The van der Waals surface area contributed by atoms with Gasteiger partial charge in [-0.25, -0.2) is 0 Å². The summed E-state index contributed by atoms with van der Waals surface area (Å²) in [4.78, 5) is 11.8. The van der Waals surface area contributed by atoms with Gasteiger partial charge in [-0.2, -0.15) is 0 Å². The van der Waals surface area contributed by atoms with Gasteiger partial charge in [0.05, 0.1) is 6.54 Å². The lowest BCUT2D eigenvalue weighted by Gasteiger charge is -2.07. The number of nitrogens with one attached hydrogen (secondary N) is 1. The topological polar surface area (TPSA) is 38.3 Å². The minimum absolute atomic E-state index is 0.115. The molecule has 3 heteroatoms. The van der Waals surface area contributed by atoms with Gasteiger partial charge in [-0.15, -0.1) is 0 Å². The molecule has 3 nitrogen and oxygen atoms in total. The molecule has 126 valence electrons. The lowest BCUT2D eigenvalue weighted by atomic mass is 10.0. The SMILES string of the molecule is Cc1ccc(OCCNC(=O)/C=C/c2ccc(C(C)C)cc2)cc1. The first-order valence-electron chi connectivity index (χ1n) is 8.30. The van der Waals surface area contributed by atoms with E-state index in [0.29, 0.717) is 19.1 Å². The molecule has 0 spiro atoms. The molecule has 0 radical (unpaired) electrons. The van der Waals surface area contributed by atoms with Crippen LogP contribution >= 0.6 is 0 Å². The van der Waals surface area contributed by atoms with Gasteiger partial charge in [0.25, 0.3) is 0 Å². The Morgan fingerprint density at radius 3 is 2.38 bits per heavy atom. The highest BCUT2D eigenvalue weighted by molar-refractivity contribution is 5.91. The zero-order valence-corrected chi connectivity index (χ0v) is 14.6. The third kappa shape index (κ3) is 5.92. The summed E-state index contributed by atoms with van der Waals surface area (Å²) in [6.45, 7) is 7.29. The maximum absolute atomic E-state index is 11.8. The number of ether oxygens (including phenoxy) is 1. The normalized spacial score (nSPS) is 11.0. The molecule has 0 atom stereocenters. The molecule has 0 aliphatic carbocycles. The van der Waals surface area contributed by atoms with E-state index in [2.05, 4.69) is 31.3 Å². The van der Waals surface area contributed by atoms with E-state index >= 15 is 0 Å². The van der Waals surface area contributed by atoms with Crippen LogP contribution in [0.1, 0.15) is 36.5 Å². The van der Waals surface area contributed by atoms with Crippen LogP contribution < -0.4 is 10.1 Å². The predicted molar refractivity (Wildman–Crippen MR) is 99.2 cm³/mol. The Kier molecular flexibility index (Phi) is 6.62. The molecule has 0 unspecified atom stereocenters. The molecule has 0 heterocycles. The van der Waals surface area contributed by atoms with E-state index in [-0.39, 0.29) is 5.91 Å². The van der Waals surface area contributed by atoms with Crippen LogP contribution in [0.2, 0.25) is 0 Å². The monoisotopic (exact) mass is 323 g/mol. The molecule has 2 aromatic carbocycles. The van der Waals surface area contributed by atoms with Crippen LogP contribution in [0.3, 0.4) is 0 Å². The summed E-state index contributed by atoms with van der Waals surface area (Å²) in [7, 11) is 0. The highest BCUT2D eigenvalue weighted by atomic mass is 16.5. The number of amides is 1. The van der Waals surface area contributed by atoms with E-state index < -0.39 is 0 Å². The molecule has 2 rings (SSSR count). The van der Waals surface area contributed by atoms with E-state index in [1.807, 2.05) is 49.4 Å². The molecule has 1 amide bonds. The molecule has 0 bridgehead atoms. The first kappa shape index (κ1) is 17.8. The fourth-order valence-corrected chi connectivity index (χ4v) is 2.20. The van der Waals surface area contributed by atoms with Crippen molar-refractivity contribution in [1.29, 1.82) is 0 Å². The van der Waals surface area contributed by atoms with E-state index in [1.165, 1.54) is 11.1 Å². The average molecular weight is 323 g/mol. The summed E-state index contributed by atoms with van der Waals surface area (Å²) in [6.07, 6.45) is 3.37. The van der Waals surface area contributed by atoms with Crippen molar-refractivity contribution in [3.8, 4) is 5.75 Å². The summed E-state index contributed by atoms with van der Waals surface area (Å²) < 4.78 is 5.57. The number of aryl methyl sites for hydroxylation is 1. The summed E-state index contributed by atoms with van der Waals surface area (Å²) in [6, 6.07) is 16.1. The molecule has 1 N–H and O–H groups in total. The van der Waals surface area contributed by atoms with Crippen LogP contribution in [0.5, 0.6) is 5.75 Å². The van der Waals surface area contributed by atoms with Crippen molar-refractivity contribution in [2.75, 3.05) is 13.2 Å². The Morgan fingerprint density at radius 1 is 1.08 bits per heavy atom. The molecular weight excluding hydrogens is 298 g/mol. The van der Waals surface area contributed by atoms with E-state index in [0.717, 1.165) is 11.3 Å². The van der Waals surface area contributed by atoms with Gasteiger partial charge in [-0.1, -0.05) is 55.8 Å². The van der Waals surface area contributed by atoms with Crippen LogP contribution in [-0.4, -0.2) is 19.1 Å². The first-order valence-corrected chi connectivity index (χ1v) is 8.30. The van der Waals surface area contributed by atoms with Crippen molar-refractivity contribution in [2.45, 2.75) is 26.7 Å². The van der Waals surface area contributed by atoms with E-state index in [1.54, 1.807) is 6.08 Å². The van der Waals surface area contributed by atoms with Gasteiger partial charge in [0.1, 0.15) is 12.4 Å². The Labute approximate surface area is 144 Å². The third-order valence-corrected chi connectivity index (χ3v) is 3.72. The van der Waals surface area contributed by atoms with Crippen molar-refractivity contribution >= 4 is 12.0 Å².